The van der Waals surface area contributed by atoms with Crippen LogP contribution in [0.3, 0.4) is 0 Å². The van der Waals surface area contributed by atoms with Crippen LogP contribution in [0.15, 0.2) is 60.5 Å². The van der Waals surface area contributed by atoms with E-state index >= 15 is 0 Å². The number of carbonyl (C=O) groups is 1. The van der Waals surface area contributed by atoms with E-state index in [9.17, 15) is 4.79 Å². The van der Waals surface area contributed by atoms with Crippen molar-refractivity contribution in [3.8, 4) is 5.69 Å². The number of nitrogens with zero attached hydrogens (tertiary/aromatic N) is 2. The molecule has 1 aromatic carbocycles. The van der Waals surface area contributed by atoms with E-state index in [1.54, 1.807) is 23.9 Å². The Morgan fingerprint density at radius 3 is 2.83 bits per heavy atom. The summed E-state index contributed by atoms with van der Waals surface area (Å²) in [6.45, 7) is 3.95. The first-order valence-electron chi connectivity index (χ1n) is 7.57. The molecule has 3 aromatic rings. The number of nitrogens with one attached hydrogen (secondary N) is 1. The number of carbonyl (C=O) groups excluding carboxylic acids is 1. The van der Waals surface area contributed by atoms with Crippen LogP contribution in [0.2, 0.25) is 0 Å². The van der Waals surface area contributed by atoms with Gasteiger partial charge in [-0.2, -0.15) is 0 Å². The summed E-state index contributed by atoms with van der Waals surface area (Å²) in [7, 11) is 0. The number of hydrogen-bond donors (Lipinski definition) is 1. The molecule has 0 aliphatic rings. The van der Waals surface area contributed by atoms with Gasteiger partial charge in [-0.05, 0) is 43.0 Å². The summed E-state index contributed by atoms with van der Waals surface area (Å²) in [5.74, 6) is -0.0812. The minimum atomic E-state index is -0.130. The predicted octanol–water partition coefficient (Wildman–Crippen LogP) is 3.91. The molecule has 0 bridgehead atoms. The molecule has 1 N–H and O–H groups in total. The lowest BCUT2D eigenvalue weighted by atomic mass is 10.1. The minimum absolute atomic E-state index is 0.0478. The highest BCUT2D eigenvalue weighted by Crippen LogP contribution is 2.23. The zero-order valence-corrected chi connectivity index (χ0v) is 14.0. The van der Waals surface area contributed by atoms with E-state index in [-0.39, 0.29) is 17.9 Å². The van der Waals surface area contributed by atoms with Gasteiger partial charge in [-0.1, -0.05) is 18.2 Å². The van der Waals surface area contributed by atoms with Crippen LogP contribution in [0, 0.1) is 0 Å². The Morgan fingerprint density at radius 1 is 1.26 bits per heavy atom. The van der Waals surface area contributed by atoms with Gasteiger partial charge in [0.1, 0.15) is 0 Å². The van der Waals surface area contributed by atoms with Crippen LogP contribution in [0.4, 0.5) is 0 Å². The summed E-state index contributed by atoms with van der Waals surface area (Å²) < 4.78 is 1.95. The third kappa shape index (κ3) is 3.51. The third-order valence-corrected chi connectivity index (χ3v) is 4.95. The van der Waals surface area contributed by atoms with E-state index in [1.165, 1.54) is 0 Å². The van der Waals surface area contributed by atoms with Crippen LogP contribution in [0.5, 0.6) is 0 Å². The highest BCUT2D eigenvalue weighted by Gasteiger charge is 2.18. The van der Waals surface area contributed by atoms with Gasteiger partial charge in [0.2, 0.25) is 5.91 Å². The topological polar surface area (TPSA) is 46.9 Å². The number of hydrogen-bond acceptors (Lipinski definition) is 3. The van der Waals surface area contributed by atoms with Crippen molar-refractivity contribution in [3.05, 3.63) is 70.9 Å². The molecule has 1 amide bonds. The van der Waals surface area contributed by atoms with Crippen molar-refractivity contribution in [1.29, 1.82) is 0 Å². The Labute approximate surface area is 139 Å². The minimum Gasteiger partial charge on any atom is -0.349 e. The van der Waals surface area contributed by atoms with E-state index in [4.69, 9.17) is 0 Å². The first-order chi connectivity index (χ1) is 11.1. The molecule has 0 spiro atoms. The van der Waals surface area contributed by atoms with Crippen LogP contribution in [-0.4, -0.2) is 15.5 Å². The molecular weight excluding hydrogens is 306 g/mol. The van der Waals surface area contributed by atoms with Crippen molar-refractivity contribution < 1.29 is 4.79 Å². The molecule has 4 nitrogen and oxygen atoms in total. The van der Waals surface area contributed by atoms with Gasteiger partial charge in [-0.25, -0.2) is 4.98 Å². The van der Waals surface area contributed by atoms with Crippen LogP contribution in [0.25, 0.3) is 5.69 Å². The summed E-state index contributed by atoms with van der Waals surface area (Å²) in [4.78, 5) is 17.6. The number of aromatic nitrogens is 2. The molecular formula is C18H19N3OS. The van der Waals surface area contributed by atoms with Crippen molar-refractivity contribution in [2.24, 2.45) is 0 Å². The third-order valence-electron chi connectivity index (χ3n) is 3.89. The number of benzene rings is 1. The van der Waals surface area contributed by atoms with Gasteiger partial charge in [0.25, 0.3) is 0 Å². The molecule has 3 rings (SSSR count). The van der Waals surface area contributed by atoms with Gasteiger partial charge < -0.3 is 9.88 Å². The summed E-state index contributed by atoms with van der Waals surface area (Å²) in [6.07, 6.45) is 5.42. The van der Waals surface area contributed by atoms with Gasteiger partial charge in [-0.15, -0.1) is 11.3 Å². The second-order valence-electron chi connectivity index (χ2n) is 5.53. The molecule has 0 radical (unpaired) electrons. The maximum atomic E-state index is 12.4. The first-order valence-corrected chi connectivity index (χ1v) is 8.45. The lowest BCUT2D eigenvalue weighted by molar-refractivity contribution is -0.122. The summed E-state index contributed by atoms with van der Waals surface area (Å²) in [6, 6.07) is 12.0. The van der Waals surface area contributed by atoms with Crippen molar-refractivity contribution in [1.82, 2.24) is 14.9 Å². The molecule has 0 saturated heterocycles. The number of amides is 1. The molecule has 118 valence electrons. The van der Waals surface area contributed by atoms with Gasteiger partial charge in [0.15, 0.2) is 0 Å². The fourth-order valence-corrected chi connectivity index (χ4v) is 3.24. The predicted molar refractivity (Wildman–Crippen MR) is 92.9 cm³/mol. The van der Waals surface area contributed by atoms with Crippen molar-refractivity contribution in [3.63, 3.8) is 0 Å². The summed E-state index contributed by atoms with van der Waals surface area (Å²) in [5.41, 5.74) is 2.11. The SMILES string of the molecule is CC(NC(=O)C(C)c1cccs1)c1cccc(-n2ccnc2)c1. The molecule has 2 heterocycles. The largest absolute Gasteiger partial charge is 0.349 e. The highest BCUT2D eigenvalue weighted by atomic mass is 32.1. The van der Waals surface area contributed by atoms with E-state index in [2.05, 4.69) is 16.4 Å². The Bertz CT molecular complexity index is 765. The Morgan fingerprint density at radius 2 is 2.13 bits per heavy atom. The highest BCUT2D eigenvalue weighted by molar-refractivity contribution is 7.10. The van der Waals surface area contributed by atoms with Crippen molar-refractivity contribution >= 4 is 17.2 Å². The fraction of sp³-hybridized carbons (Fsp3) is 0.222. The van der Waals surface area contributed by atoms with Gasteiger partial charge >= 0.3 is 0 Å². The summed E-state index contributed by atoms with van der Waals surface area (Å²) in [5, 5.41) is 5.10. The van der Waals surface area contributed by atoms with Gasteiger partial charge in [0.05, 0.1) is 18.3 Å². The Kier molecular flexibility index (Phi) is 4.57. The van der Waals surface area contributed by atoms with E-state index in [0.717, 1.165) is 16.1 Å². The molecule has 0 fully saturated rings. The number of rotatable bonds is 5. The molecule has 0 aliphatic carbocycles. The normalized spacial score (nSPS) is 13.5. The first kappa shape index (κ1) is 15.5. The van der Waals surface area contributed by atoms with E-state index < -0.39 is 0 Å². The molecule has 0 aliphatic heterocycles. The molecule has 23 heavy (non-hydrogen) atoms. The second kappa shape index (κ2) is 6.79. The fourth-order valence-electron chi connectivity index (χ4n) is 2.46. The van der Waals surface area contributed by atoms with Crippen LogP contribution >= 0.6 is 11.3 Å². The van der Waals surface area contributed by atoms with Crippen LogP contribution in [0.1, 0.15) is 36.2 Å². The smallest absolute Gasteiger partial charge is 0.228 e. The van der Waals surface area contributed by atoms with E-state index in [1.807, 2.05) is 60.3 Å². The average molecular weight is 325 g/mol. The standard InChI is InChI=1S/C18H19N3OS/c1-13(17-7-4-10-23-17)18(22)20-14(2)15-5-3-6-16(11-15)21-9-8-19-12-21/h3-14H,1-2H3,(H,20,22). The monoisotopic (exact) mass is 325 g/mol. The summed E-state index contributed by atoms with van der Waals surface area (Å²) >= 11 is 1.61. The molecule has 2 atom stereocenters. The van der Waals surface area contributed by atoms with Crippen molar-refractivity contribution in [2.45, 2.75) is 25.8 Å². The van der Waals surface area contributed by atoms with E-state index in [0.29, 0.717) is 0 Å². The lowest BCUT2D eigenvalue weighted by Crippen LogP contribution is -2.30. The lowest BCUT2D eigenvalue weighted by Gasteiger charge is -2.18. The van der Waals surface area contributed by atoms with Crippen LogP contribution < -0.4 is 5.32 Å². The maximum absolute atomic E-state index is 12.4. The molecule has 0 saturated carbocycles. The zero-order valence-electron chi connectivity index (χ0n) is 13.1. The Hall–Kier alpha value is -2.40. The van der Waals surface area contributed by atoms with Crippen molar-refractivity contribution in [2.75, 3.05) is 0 Å². The molecule has 5 heteroatoms. The van der Waals surface area contributed by atoms with Gasteiger partial charge in [-0.3, -0.25) is 4.79 Å². The number of thiophene rings is 1. The second-order valence-corrected chi connectivity index (χ2v) is 6.51. The molecule has 2 aromatic heterocycles. The zero-order chi connectivity index (χ0) is 16.2. The quantitative estimate of drug-likeness (QED) is 0.773. The average Bonchev–Trinajstić information content (AvgIpc) is 3.27. The Balaban J connectivity index is 1.72. The number of imidazole rings is 1. The van der Waals surface area contributed by atoms with Gasteiger partial charge in [0, 0.05) is 23.0 Å². The maximum Gasteiger partial charge on any atom is 0.228 e. The molecule has 2 unspecified atom stereocenters. The van der Waals surface area contributed by atoms with Crippen LogP contribution in [-0.2, 0) is 4.79 Å².